The van der Waals surface area contributed by atoms with Gasteiger partial charge in [0.05, 0.1) is 10.5 Å². The predicted molar refractivity (Wildman–Crippen MR) is 86.0 cm³/mol. The minimum Gasteiger partial charge on any atom is -0.415 e. The largest absolute Gasteiger partial charge is 0.415 e. The van der Waals surface area contributed by atoms with Gasteiger partial charge in [-0.1, -0.05) is 0 Å². The molecule has 1 heterocycles. The third-order valence-corrected chi connectivity index (χ3v) is 3.81. The third-order valence-electron chi connectivity index (χ3n) is 3.81. The maximum Gasteiger partial charge on any atom is 0.343 e. The first-order chi connectivity index (χ1) is 12.0. The average Bonchev–Trinajstić information content (AvgIpc) is 3.01. The Kier molecular flexibility index (Phi) is 4.42. The number of carbonyl (C=O) groups excluding carboxylic acids is 2. The monoisotopic (exact) mass is 344 g/mol. The first kappa shape index (κ1) is 16.6. The molecule has 0 aliphatic carbocycles. The lowest BCUT2D eigenvalue weighted by molar-refractivity contribution is -0.385. The van der Waals surface area contributed by atoms with Gasteiger partial charge in [0.1, 0.15) is 5.82 Å². The Morgan fingerprint density at radius 2 is 1.92 bits per heavy atom. The molecular formula is C17H13FN2O5. The lowest BCUT2D eigenvalue weighted by atomic mass is 10.2. The van der Waals surface area contributed by atoms with Gasteiger partial charge in [0.2, 0.25) is 11.7 Å². The van der Waals surface area contributed by atoms with E-state index in [-0.39, 0.29) is 11.5 Å². The fourth-order valence-electron chi connectivity index (χ4n) is 2.58. The van der Waals surface area contributed by atoms with Crippen LogP contribution in [0.25, 0.3) is 0 Å². The predicted octanol–water partition coefficient (Wildman–Crippen LogP) is 3.08. The van der Waals surface area contributed by atoms with E-state index in [2.05, 4.69) is 0 Å². The Bertz CT molecular complexity index is 851. The van der Waals surface area contributed by atoms with E-state index in [0.717, 1.165) is 24.6 Å². The second-order valence-corrected chi connectivity index (χ2v) is 5.45. The SMILES string of the molecule is O=C(Oc1cc(F)ccc1[N+](=O)[O-])c1ccc(N2CCCC2=O)cc1. The molecule has 1 fully saturated rings. The molecule has 0 bridgehead atoms. The Labute approximate surface area is 141 Å². The summed E-state index contributed by atoms with van der Waals surface area (Å²) in [5.74, 6) is -2.05. The van der Waals surface area contributed by atoms with E-state index < -0.39 is 28.1 Å². The number of esters is 1. The zero-order valence-electron chi connectivity index (χ0n) is 13.0. The van der Waals surface area contributed by atoms with Crippen molar-refractivity contribution in [1.29, 1.82) is 0 Å². The van der Waals surface area contributed by atoms with Crippen LogP contribution in [-0.4, -0.2) is 23.3 Å². The number of ether oxygens (including phenoxy) is 1. The van der Waals surface area contributed by atoms with Crippen LogP contribution in [0.15, 0.2) is 42.5 Å². The summed E-state index contributed by atoms with van der Waals surface area (Å²) in [5.41, 5.74) is 0.291. The summed E-state index contributed by atoms with van der Waals surface area (Å²) >= 11 is 0. The van der Waals surface area contributed by atoms with Gasteiger partial charge >= 0.3 is 11.7 Å². The van der Waals surface area contributed by atoms with E-state index in [1.54, 1.807) is 17.0 Å². The highest BCUT2D eigenvalue weighted by Gasteiger charge is 2.23. The summed E-state index contributed by atoms with van der Waals surface area (Å²) < 4.78 is 18.2. The standard InChI is InChI=1S/C17H13FN2O5/c18-12-5-8-14(20(23)24)15(10-12)25-17(22)11-3-6-13(7-4-11)19-9-1-2-16(19)21/h3-8,10H,1-2,9H2. The van der Waals surface area contributed by atoms with E-state index in [9.17, 15) is 24.1 Å². The minimum absolute atomic E-state index is 0.0192. The van der Waals surface area contributed by atoms with E-state index in [4.69, 9.17) is 4.74 Å². The van der Waals surface area contributed by atoms with Crippen LogP contribution in [0, 0.1) is 15.9 Å². The Morgan fingerprint density at radius 3 is 2.52 bits per heavy atom. The number of nitrogens with zero attached hydrogens (tertiary/aromatic N) is 2. The summed E-state index contributed by atoms with van der Waals surface area (Å²) in [7, 11) is 0. The molecule has 0 radical (unpaired) electrons. The lowest BCUT2D eigenvalue weighted by Crippen LogP contribution is -2.23. The van der Waals surface area contributed by atoms with Gasteiger partial charge < -0.3 is 9.64 Å². The van der Waals surface area contributed by atoms with Crippen LogP contribution in [0.1, 0.15) is 23.2 Å². The van der Waals surface area contributed by atoms with Gasteiger partial charge in [-0.15, -0.1) is 0 Å². The highest BCUT2D eigenvalue weighted by molar-refractivity contribution is 5.96. The first-order valence-electron chi connectivity index (χ1n) is 7.52. The highest BCUT2D eigenvalue weighted by atomic mass is 19.1. The summed E-state index contributed by atoms with van der Waals surface area (Å²) in [6, 6.07) is 8.73. The summed E-state index contributed by atoms with van der Waals surface area (Å²) in [4.78, 5) is 35.6. The summed E-state index contributed by atoms with van der Waals surface area (Å²) in [5, 5.41) is 10.9. The van der Waals surface area contributed by atoms with Crippen LogP contribution in [0.5, 0.6) is 5.75 Å². The van der Waals surface area contributed by atoms with E-state index >= 15 is 0 Å². The lowest BCUT2D eigenvalue weighted by Gasteiger charge is -2.15. The number of nitro groups is 1. The fourth-order valence-corrected chi connectivity index (χ4v) is 2.58. The molecule has 2 aromatic carbocycles. The molecule has 25 heavy (non-hydrogen) atoms. The number of halogens is 1. The second kappa shape index (κ2) is 6.68. The number of benzene rings is 2. The number of anilines is 1. The molecule has 2 aromatic rings. The molecule has 0 spiro atoms. The van der Waals surface area contributed by atoms with Gasteiger partial charge in [-0.25, -0.2) is 9.18 Å². The molecule has 1 aliphatic heterocycles. The van der Waals surface area contributed by atoms with Crippen LogP contribution >= 0.6 is 0 Å². The van der Waals surface area contributed by atoms with Crippen LogP contribution < -0.4 is 9.64 Å². The van der Waals surface area contributed by atoms with E-state index in [1.165, 1.54) is 12.1 Å². The van der Waals surface area contributed by atoms with Crippen LogP contribution in [-0.2, 0) is 4.79 Å². The van der Waals surface area contributed by atoms with Gasteiger partial charge in [0, 0.05) is 30.8 Å². The topological polar surface area (TPSA) is 89.8 Å². The van der Waals surface area contributed by atoms with Gasteiger partial charge in [0.15, 0.2) is 0 Å². The van der Waals surface area contributed by atoms with Gasteiger partial charge in [-0.05, 0) is 36.8 Å². The van der Waals surface area contributed by atoms with E-state index in [1.807, 2.05) is 0 Å². The second-order valence-electron chi connectivity index (χ2n) is 5.45. The van der Waals surface area contributed by atoms with Crippen molar-refractivity contribution < 1.29 is 23.6 Å². The Hall–Kier alpha value is -3.29. The number of hydrogen-bond acceptors (Lipinski definition) is 5. The van der Waals surface area contributed by atoms with Crippen molar-refractivity contribution in [1.82, 2.24) is 0 Å². The Morgan fingerprint density at radius 1 is 1.20 bits per heavy atom. The molecule has 0 N–H and O–H groups in total. The smallest absolute Gasteiger partial charge is 0.343 e. The number of nitro benzene ring substituents is 1. The fraction of sp³-hybridized carbons (Fsp3) is 0.176. The van der Waals surface area contributed by atoms with Gasteiger partial charge in [0.25, 0.3) is 0 Å². The normalized spacial score (nSPS) is 13.8. The zero-order chi connectivity index (χ0) is 18.0. The van der Waals surface area contributed by atoms with Crippen molar-refractivity contribution in [2.24, 2.45) is 0 Å². The van der Waals surface area contributed by atoms with Gasteiger partial charge in [-0.2, -0.15) is 0 Å². The van der Waals surface area contributed by atoms with Gasteiger partial charge in [-0.3, -0.25) is 14.9 Å². The van der Waals surface area contributed by atoms with Crippen molar-refractivity contribution in [2.45, 2.75) is 12.8 Å². The van der Waals surface area contributed by atoms with Crippen LogP contribution in [0.2, 0.25) is 0 Å². The number of hydrogen-bond donors (Lipinski definition) is 0. The molecule has 0 aromatic heterocycles. The molecular weight excluding hydrogens is 331 g/mol. The van der Waals surface area contributed by atoms with Crippen molar-refractivity contribution in [3.8, 4) is 5.75 Å². The number of carbonyl (C=O) groups is 2. The summed E-state index contributed by atoms with van der Waals surface area (Å²) in [6.07, 6.45) is 1.28. The third kappa shape index (κ3) is 3.47. The number of amides is 1. The van der Waals surface area contributed by atoms with Crippen molar-refractivity contribution in [3.05, 3.63) is 64.0 Å². The molecule has 1 aliphatic rings. The highest BCUT2D eigenvalue weighted by Crippen LogP contribution is 2.28. The number of rotatable bonds is 4. The van der Waals surface area contributed by atoms with Crippen molar-refractivity contribution in [3.63, 3.8) is 0 Å². The summed E-state index contributed by atoms with van der Waals surface area (Å²) in [6.45, 7) is 0.623. The maximum atomic E-state index is 13.3. The quantitative estimate of drug-likeness (QED) is 0.368. The molecule has 0 unspecified atom stereocenters. The average molecular weight is 344 g/mol. The van der Waals surface area contributed by atoms with Crippen molar-refractivity contribution in [2.75, 3.05) is 11.4 Å². The minimum atomic E-state index is -0.854. The molecule has 8 heteroatoms. The molecule has 3 rings (SSSR count). The van der Waals surface area contributed by atoms with Crippen LogP contribution in [0.4, 0.5) is 15.8 Å². The van der Waals surface area contributed by atoms with Crippen molar-refractivity contribution >= 4 is 23.3 Å². The molecule has 128 valence electrons. The molecule has 0 saturated carbocycles. The maximum absolute atomic E-state index is 13.3. The molecule has 1 saturated heterocycles. The van der Waals surface area contributed by atoms with Crippen LogP contribution in [0.3, 0.4) is 0 Å². The zero-order valence-corrected chi connectivity index (χ0v) is 13.0. The first-order valence-corrected chi connectivity index (χ1v) is 7.52. The Balaban J connectivity index is 1.79. The molecule has 7 nitrogen and oxygen atoms in total. The van der Waals surface area contributed by atoms with E-state index in [0.29, 0.717) is 18.7 Å². The molecule has 1 amide bonds. The molecule has 0 atom stereocenters.